The summed E-state index contributed by atoms with van der Waals surface area (Å²) in [6, 6.07) is 14.0. The van der Waals surface area contributed by atoms with Crippen molar-refractivity contribution in [3.63, 3.8) is 0 Å². The molecule has 0 fully saturated rings. The van der Waals surface area contributed by atoms with Crippen LogP contribution in [0.2, 0.25) is 0 Å². The molecular formula is C17H18N2O. The molecule has 0 aliphatic heterocycles. The third-order valence-electron chi connectivity index (χ3n) is 3.65. The average molecular weight is 266 g/mol. The molecule has 0 saturated heterocycles. The van der Waals surface area contributed by atoms with Crippen molar-refractivity contribution in [1.82, 2.24) is 4.98 Å². The summed E-state index contributed by atoms with van der Waals surface area (Å²) < 4.78 is 5.83. The largest absolute Gasteiger partial charge is 0.441 e. The van der Waals surface area contributed by atoms with Crippen LogP contribution in [0.3, 0.4) is 0 Å². The fraction of sp³-hybridized carbons (Fsp3) is 0.235. The van der Waals surface area contributed by atoms with Crippen molar-refractivity contribution in [3.05, 3.63) is 59.5 Å². The van der Waals surface area contributed by atoms with Crippen LogP contribution in [0.5, 0.6) is 0 Å². The lowest BCUT2D eigenvalue weighted by atomic mass is 9.98. The number of nitrogens with two attached hydrogens (primary N) is 1. The molecule has 0 aliphatic carbocycles. The van der Waals surface area contributed by atoms with Gasteiger partial charge >= 0.3 is 0 Å². The molecular weight excluding hydrogens is 248 g/mol. The highest BCUT2D eigenvalue weighted by Gasteiger charge is 2.12. The molecule has 0 spiro atoms. The first-order chi connectivity index (χ1) is 9.63. The van der Waals surface area contributed by atoms with Gasteiger partial charge in [0.15, 0.2) is 11.5 Å². The molecule has 1 unspecified atom stereocenters. The van der Waals surface area contributed by atoms with E-state index in [4.69, 9.17) is 10.2 Å². The van der Waals surface area contributed by atoms with Crippen LogP contribution in [0.15, 0.2) is 46.9 Å². The van der Waals surface area contributed by atoms with E-state index in [-0.39, 0.29) is 0 Å². The summed E-state index contributed by atoms with van der Waals surface area (Å²) in [5, 5.41) is 0. The molecule has 3 heteroatoms. The van der Waals surface area contributed by atoms with Gasteiger partial charge in [-0.3, -0.25) is 0 Å². The second-order valence-electron chi connectivity index (χ2n) is 5.30. The van der Waals surface area contributed by atoms with Gasteiger partial charge in [-0.25, -0.2) is 4.98 Å². The maximum atomic E-state index is 5.83. The Labute approximate surface area is 118 Å². The molecule has 3 rings (SSSR count). The second-order valence-corrected chi connectivity index (χ2v) is 5.30. The minimum atomic E-state index is 0.351. The lowest BCUT2D eigenvalue weighted by molar-refractivity contribution is 0.508. The van der Waals surface area contributed by atoms with Crippen LogP contribution in [0, 0.1) is 6.92 Å². The van der Waals surface area contributed by atoms with Gasteiger partial charge in [-0.1, -0.05) is 31.2 Å². The van der Waals surface area contributed by atoms with Gasteiger partial charge in [0, 0.05) is 12.1 Å². The first kappa shape index (κ1) is 12.7. The van der Waals surface area contributed by atoms with E-state index in [0.717, 1.165) is 34.7 Å². The van der Waals surface area contributed by atoms with Crippen LogP contribution >= 0.6 is 0 Å². The molecule has 0 radical (unpaired) electrons. The zero-order valence-electron chi connectivity index (χ0n) is 11.8. The Bertz CT molecular complexity index is 728. The third kappa shape index (κ3) is 2.39. The summed E-state index contributed by atoms with van der Waals surface area (Å²) in [5.74, 6) is 1.14. The number of aromatic nitrogens is 1. The second kappa shape index (κ2) is 5.00. The van der Waals surface area contributed by atoms with Crippen molar-refractivity contribution >= 4 is 16.8 Å². The van der Waals surface area contributed by atoms with Gasteiger partial charge in [-0.15, -0.1) is 0 Å². The summed E-state index contributed by atoms with van der Waals surface area (Å²) in [6.07, 6.45) is 0.790. The minimum Gasteiger partial charge on any atom is -0.441 e. The number of benzene rings is 2. The van der Waals surface area contributed by atoms with Crippen molar-refractivity contribution in [2.45, 2.75) is 26.2 Å². The highest BCUT2D eigenvalue weighted by Crippen LogP contribution is 2.24. The van der Waals surface area contributed by atoms with Crippen LogP contribution < -0.4 is 5.73 Å². The summed E-state index contributed by atoms with van der Waals surface area (Å²) in [7, 11) is 0. The highest BCUT2D eigenvalue weighted by molar-refractivity contribution is 5.76. The van der Waals surface area contributed by atoms with E-state index in [1.165, 1.54) is 5.56 Å². The molecule has 102 valence electrons. The van der Waals surface area contributed by atoms with E-state index < -0.39 is 0 Å². The Balaban J connectivity index is 1.85. The quantitative estimate of drug-likeness (QED) is 0.727. The Morgan fingerprint density at radius 2 is 1.90 bits per heavy atom. The monoisotopic (exact) mass is 266 g/mol. The molecule has 1 aromatic heterocycles. The van der Waals surface area contributed by atoms with E-state index in [2.05, 4.69) is 37.0 Å². The molecule has 3 aromatic rings. The number of hydrogen-bond donors (Lipinski definition) is 1. The number of hydrogen-bond acceptors (Lipinski definition) is 3. The van der Waals surface area contributed by atoms with Crippen LogP contribution in [0.1, 0.15) is 29.9 Å². The van der Waals surface area contributed by atoms with Crippen LogP contribution in [-0.4, -0.2) is 4.98 Å². The molecule has 20 heavy (non-hydrogen) atoms. The first-order valence-electron chi connectivity index (χ1n) is 6.84. The molecule has 0 saturated carbocycles. The predicted octanol–water partition coefficient (Wildman–Crippen LogP) is 4.06. The van der Waals surface area contributed by atoms with Crippen LogP contribution in [0.4, 0.5) is 5.69 Å². The van der Waals surface area contributed by atoms with Crippen molar-refractivity contribution in [2.75, 3.05) is 5.73 Å². The van der Waals surface area contributed by atoms with Crippen molar-refractivity contribution < 1.29 is 4.42 Å². The van der Waals surface area contributed by atoms with E-state index in [0.29, 0.717) is 5.92 Å². The highest BCUT2D eigenvalue weighted by atomic mass is 16.3. The van der Waals surface area contributed by atoms with E-state index in [1.54, 1.807) is 0 Å². The lowest BCUT2D eigenvalue weighted by Crippen LogP contribution is -1.99. The zero-order valence-corrected chi connectivity index (χ0v) is 11.8. The number of nitrogen functional groups attached to an aromatic ring is 1. The van der Waals surface area contributed by atoms with E-state index in [9.17, 15) is 0 Å². The minimum absolute atomic E-state index is 0.351. The van der Waals surface area contributed by atoms with Crippen LogP contribution in [-0.2, 0) is 6.42 Å². The predicted molar refractivity (Wildman–Crippen MR) is 81.7 cm³/mol. The molecule has 0 aliphatic rings. The summed E-state index contributed by atoms with van der Waals surface area (Å²) in [6.45, 7) is 4.23. The average Bonchev–Trinajstić information content (AvgIpc) is 2.83. The molecule has 2 aromatic carbocycles. The van der Waals surface area contributed by atoms with Gasteiger partial charge in [0.1, 0.15) is 5.52 Å². The number of para-hydroxylation sites is 1. The smallest absolute Gasteiger partial charge is 0.196 e. The number of aryl methyl sites for hydroxylation is 1. The number of oxazole rings is 1. The third-order valence-corrected chi connectivity index (χ3v) is 3.65. The molecule has 3 nitrogen and oxygen atoms in total. The SMILES string of the molecule is Cc1cccc2oc(CC(C)c3ccc(N)cc3)nc12. The standard InChI is InChI=1S/C17H18N2O/c1-11-4-3-5-15-17(11)19-16(20-15)10-12(2)13-6-8-14(18)9-7-13/h3-9,12H,10,18H2,1-2H3. The lowest BCUT2D eigenvalue weighted by Gasteiger charge is -2.09. The maximum absolute atomic E-state index is 5.83. The van der Waals surface area contributed by atoms with Gasteiger partial charge in [-0.2, -0.15) is 0 Å². The maximum Gasteiger partial charge on any atom is 0.196 e. The number of rotatable bonds is 3. The molecule has 1 heterocycles. The Hall–Kier alpha value is -2.29. The van der Waals surface area contributed by atoms with Gasteiger partial charge in [0.05, 0.1) is 0 Å². The Morgan fingerprint density at radius 3 is 2.60 bits per heavy atom. The fourth-order valence-electron chi connectivity index (χ4n) is 2.42. The summed E-state index contributed by atoms with van der Waals surface area (Å²) in [4.78, 5) is 4.60. The summed E-state index contributed by atoms with van der Waals surface area (Å²) in [5.41, 5.74) is 10.7. The summed E-state index contributed by atoms with van der Waals surface area (Å²) >= 11 is 0. The van der Waals surface area contributed by atoms with Gasteiger partial charge in [-0.05, 0) is 42.2 Å². The van der Waals surface area contributed by atoms with Crippen molar-refractivity contribution in [1.29, 1.82) is 0 Å². The van der Waals surface area contributed by atoms with Gasteiger partial charge in [0.2, 0.25) is 0 Å². The zero-order chi connectivity index (χ0) is 14.1. The van der Waals surface area contributed by atoms with Crippen molar-refractivity contribution in [2.24, 2.45) is 0 Å². The molecule has 1 atom stereocenters. The Morgan fingerprint density at radius 1 is 1.15 bits per heavy atom. The molecule has 0 amide bonds. The normalized spacial score (nSPS) is 12.7. The Kier molecular flexibility index (Phi) is 3.18. The van der Waals surface area contributed by atoms with E-state index >= 15 is 0 Å². The number of anilines is 1. The number of fused-ring (bicyclic) bond motifs is 1. The van der Waals surface area contributed by atoms with Gasteiger partial charge in [0.25, 0.3) is 0 Å². The van der Waals surface area contributed by atoms with Gasteiger partial charge < -0.3 is 10.2 Å². The van der Waals surface area contributed by atoms with Crippen molar-refractivity contribution in [3.8, 4) is 0 Å². The molecule has 2 N–H and O–H groups in total. The van der Waals surface area contributed by atoms with E-state index in [1.807, 2.05) is 24.3 Å². The number of nitrogens with zero attached hydrogens (tertiary/aromatic N) is 1. The fourth-order valence-corrected chi connectivity index (χ4v) is 2.42. The first-order valence-corrected chi connectivity index (χ1v) is 6.84. The topological polar surface area (TPSA) is 52.0 Å². The molecule has 0 bridgehead atoms. The van der Waals surface area contributed by atoms with Crippen LogP contribution in [0.25, 0.3) is 11.1 Å².